The molecular formula is C10H8BrF3N4. The summed E-state index contributed by atoms with van der Waals surface area (Å²) >= 11 is 3.22. The van der Waals surface area contributed by atoms with E-state index < -0.39 is 11.9 Å². The molecule has 0 fully saturated rings. The van der Waals surface area contributed by atoms with Crippen LogP contribution in [0, 0.1) is 0 Å². The molecule has 96 valence electrons. The van der Waals surface area contributed by atoms with Gasteiger partial charge in [-0.05, 0) is 28.1 Å². The second-order valence-electron chi connectivity index (χ2n) is 3.48. The maximum Gasteiger partial charge on any atom is 0.435 e. The largest absolute Gasteiger partial charge is 0.435 e. The van der Waals surface area contributed by atoms with Crippen LogP contribution in [0.1, 0.15) is 11.3 Å². The molecule has 0 bridgehead atoms. The van der Waals surface area contributed by atoms with Crippen LogP contribution in [-0.4, -0.2) is 14.8 Å². The van der Waals surface area contributed by atoms with Crippen LogP contribution in [-0.2, 0) is 12.7 Å². The number of pyridine rings is 1. The van der Waals surface area contributed by atoms with Gasteiger partial charge in [-0.25, -0.2) is 9.67 Å². The van der Waals surface area contributed by atoms with Gasteiger partial charge in [0.1, 0.15) is 0 Å². The van der Waals surface area contributed by atoms with E-state index in [0.29, 0.717) is 10.0 Å². The monoisotopic (exact) mass is 320 g/mol. The Hall–Kier alpha value is -1.41. The van der Waals surface area contributed by atoms with Crippen molar-refractivity contribution in [2.24, 2.45) is 5.73 Å². The molecule has 0 amide bonds. The Bertz CT molecular complexity index is 564. The van der Waals surface area contributed by atoms with E-state index in [1.54, 1.807) is 6.07 Å². The van der Waals surface area contributed by atoms with Gasteiger partial charge in [-0.3, -0.25) is 0 Å². The van der Waals surface area contributed by atoms with E-state index in [4.69, 9.17) is 5.73 Å². The lowest BCUT2D eigenvalue weighted by atomic mass is 10.2. The fraction of sp³-hybridized carbons (Fsp3) is 0.200. The number of alkyl halides is 3. The molecule has 4 nitrogen and oxygen atoms in total. The van der Waals surface area contributed by atoms with Crippen molar-refractivity contribution in [2.45, 2.75) is 12.7 Å². The van der Waals surface area contributed by atoms with Crippen LogP contribution in [0.5, 0.6) is 0 Å². The summed E-state index contributed by atoms with van der Waals surface area (Å²) in [5.41, 5.74) is 5.16. The van der Waals surface area contributed by atoms with Gasteiger partial charge in [0.25, 0.3) is 0 Å². The van der Waals surface area contributed by atoms with Crippen LogP contribution in [0.25, 0.3) is 5.82 Å². The molecule has 2 N–H and O–H groups in total. The molecule has 0 saturated carbocycles. The molecular weight excluding hydrogens is 313 g/mol. The predicted molar refractivity (Wildman–Crippen MR) is 62.0 cm³/mol. The summed E-state index contributed by atoms with van der Waals surface area (Å²) in [4.78, 5) is 4.02. The van der Waals surface area contributed by atoms with Crippen molar-refractivity contribution in [3.05, 3.63) is 40.3 Å². The molecule has 0 aromatic carbocycles. The molecule has 0 aliphatic carbocycles. The summed E-state index contributed by atoms with van der Waals surface area (Å²) in [5, 5.41) is 3.45. The summed E-state index contributed by atoms with van der Waals surface area (Å²) in [7, 11) is 0. The van der Waals surface area contributed by atoms with Crippen molar-refractivity contribution >= 4 is 15.9 Å². The highest BCUT2D eigenvalue weighted by atomic mass is 79.9. The summed E-state index contributed by atoms with van der Waals surface area (Å²) in [6.07, 6.45) is -1.79. The Morgan fingerprint density at radius 3 is 2.67 bits per heavy atom. The average Bonchev–Trinajstić information content (AvgIpc) is 2.77. The normalized spacial score (nSPS) is 11.8. The highest BCUT2D eigenvalue weighted by molar-refractivity contribution is 9.10. The predicted octanol–water partition coefficient (Wildman–Crippen LogP) is 2.51. The molecule has 0 unspecified atom stereocenters. The maximum absolute atomic E-state index is 12.4. The van der Waals surface area contributed by atoms with E-state index in [-0.39, 0.29) is 12.4 Å². The van der Waals surface area contributed by atoms with Gasteiger partial charge in [-0.1, -0.05) is 0 Å². The molecule has 2 aromatic rings. The van der Waals surface area contributed by atoms with Gasteiger partial charge in [0.15, 0.2) is 11.5 Å². The second kappa shape index (κ2) is 4.69. The van der Waals surface area contributed by atoms with Crippen LogP contribution >= 0.6 is 15.9 Å². The van der Waals surface area contributed by atoms with Gasteiger partial charge in [0.05, 0.1) is 0 Å². The van der Waals surface area contributed by atoms with Crippen LogP contribution in [0.4, 0.5) is 13.2 Å². The summed E-state index contributed by atoms with van der Waals surface area (Å²) in [6, 6.07) is 2.58. The molecule has 8 heteroatoms. The van der Waals surface area contributed by atoms with Gasteiger partial charge in [0, 0.05) is 29.0 Å². The van der Waals surface area contributed by atoms with Crippen LogP contribution in [0.15, 0.2) is 29.0 Å². The smallest absolute Gasteiger partial charge is 0.326 e. The number of hydrogen-bond acceptors (Lipinski definition) is 3. The molecule has 0 aliphatic heterocycles. The first kappa shape index (κ1) is 13.0. The lowest BCUT2D eigenvalue weighted by Gasteiger charge is -2.07. The molecule has 2 heterocycles. The number of aromatic nitrogens is 3. The Kier molecular flexibility index (Phi) is 3.40. The Morgan fingerprint density at radius 2 is 2.11 bits per heavy atom. The molecule has 18 heavy (non-hydrogen) atoms. The molecule has 2 aromatic heterocycles. The van der Waals surface area contributed by atoms with Gasteiger partial charge in [-0.15, -0.1) is 0 Å². The number of halogens is 4. The number of rotatable bonds is 2. The fourth-order valence-electron chi connectivity index (χ4n) is 1.42. The summed E-state index contributed by atoms with van der Waals surface area (Å²) in [5.74, 6) is 0.288. The topological polar surface area (TPSA) is 56.7 Å². The zero-order valence-electron chi connectivity index (χ0n) is 8.95. The van der Waals surface area contributed by atoms with E-state index >= 15 is 0 Å². The Morgan fingerprint density at radius 1 is 1.39 bits per heavy atom. The van der Waals surface area contributed by atoms with E-state index in [9.17, 15) is 13.2 Å². The minimum atomic E-state index is -4.47. The van der Waals surface area contributed by atoms with E-state index in [2.05, 4.69) is 26.0 Å². The van der Waals surface area contributed by atoms with E-state index in [1.165, 1.54) is 12.4 Å². The quantitative estimate of drug-likeness (QED) is 0.925. The van der Waals surface area contributed by atoms with Gasteiger partial charge >= 0.3 is 6.18 Å². The minimum absolute atomic E-state index is 0.156. The van der Waals surface area contributed by atoms with E-state index in [0.717, 1.165) is 10.7 Å². The first-order valence-corrected chi connectivity index (χ1v) is 5.69. The molecule has 0 saturated heterocycles. The van der Waals surface area contributed by atoms with Gasteiger partial charge < -0.3 is 5.73 Å². The third kappa shape index (κ3) is 2.54. The summed E-state index contributed by atoms with van der Waals surface area (Å²) < 4.78 is 39.1. The van der Waals surface area contributed by atoms with Crippen LogP contribution < -0.4 is 5.73 Å². The Labute approximate surface area is 109 Å². The zero-order chi connectivity index (χ0) is 13.3. The van der Waals surface area contributed by atoms with Crippen molar-refractivity contribution in [1.82, 2.24) is 14.8 Å². The van der Waals surface area contributed by atoms with Crippen molar-refractivity contribution in [1.29, 1.82) is 0 Å². The molecule has 0 radical (unpaired) electrons. The Balaban J connectivity index is 2.46. The number of nitrogens with zero attached hydrogens (tertiary/aromatic N) is 3. The van der Waals surface area contributed by atoms with Crippen LogP contribution in [0.2, 0.25) is 0 Å². The van der Waals surface area contributed by atoms with Crippen LogP contribution in [0.3, 0.4) is 0 Å². The first-order valence-electron chi connectivity index (χ1n) is 4.89. The number of hydrogen-bond donors (Lipinski definition) is 1. The molecule has 0 aliphatic rings. The average molecular weight is 321 g/mol. The highest BCUT2D eigenvalue weighted by Gasteiger charge is 2.33. The first-order chi connectivity index (χ1) is 8.41. The summed E-state index contributed by atoms with van der Waals surface area (Å²) in [6.45, 7) is 0.156. The van der Waals surface area contributed by atoms with Crippen molar-refractivity contribution in [3.63, 3.8) is 0 Å². The molecule has 0 spiro atoms. The number of nitrogens with two attached hydrogens (primary N) is 1. The minimum Gasteiger partial charge on any atom is -0.326 e. The maximum atomic E-state index is 12.4. The van der Waals surface area contributed by atoms with Gasteiger partial charge in [0.2, 0.25) is 0 Å². The fourth-order valence-corrected chi connectivity index (χ4v) is 1.80. The molecule has 2 rings (SSSR count). The van der Waals surface area contributed by atoms with Gasteiger partial charge in [-0.2, -0.15) is 18.3 Å². The molecule has 0 atom stereocenters. The lowest BCUT2D eigenvalue weighted by molar-refractivity contribution is -0.141. The highest BCUT2D eigenvalue weighted by Crippen LogP contribution is 2.28. The van der Waals surface area contributed by atoms with Crippen molar-refractivity contribution < 1.29 is 13.2 Å². The SMILES string of the molecule is NCc1cc(Br)cnc1-n1ccc(C(F)(F)F)n1. The van der Waals surface area contributed by atoms with Crippen molar-refractivity contribution in [3.8, 4) is 5.82 Å². The van der Waals surface area contributed by atoms with Crippen molar-refractivity contribution in [2.75, 3.05) is 0 Å². The second-order valence-corrected chi connectivity index (χ2v) is 4.40. The third-order valence-electron chi connectivity index (χ3n) is 2.23. The third-order valence-corrected chi connectivity index (χ3v) is 2.66. The lowest BCUT2D eigenvalue weighted by Crippen LogP contribution is -2.10. The zero-order valence-corrected chi connectivity index (χ0v) is 10.5. The van der Waals surface area contributed by atoms with E-state index in [1.807, 2.05) is 0 Å². The standard InChI is InChI=1S/C10H8BrF3N4/c11-7-3-6(4-15)9(16-5-7)18-2-1-8(17-18)10(12,13)14/h1-3,5H,4,15H2.